The molecular formula is C23H30N2O. The Labute approximate surface area is 157 Å². The summed E-state index contributed by atoms with van der Waals surface area (Å²) in [6.07, 6.45) is 5.04. The van der Waals surface area contributed by atoms with E-state index in [9.17, 15) is 4.79 Å². The number of carbonyl (C=O) groups is 1. The zero-order valence-electron chi connectivity index (χ0n) is 16.4. The molecular weight excluding hydrogens is 320 g/mol. The zero-order chi connectivity index (χ0) is 18.7. The fraction of sp³-hybridized carbons (Fsp3) is 0.435. The second-order valence-electron chi connectivity index (χ2n) is 7.76. The van der Waals surface area contributed by atoms with Crippen LogP contribution in [0.2, 0.25) is 0 Å². The van der Waals surface area contributed by atoms with E-state index in [-0.39, 0.29) is 11.4 Å². The van der Waals surface area contributed by atoms with Crippen LogP contribution in [0.4, 0.5) is 0 Å². The summed E-state index contributed by atoms with van der Waals surface area (Å²) < 4.78 is 0. The third kappa shape index (κ3) is 3.54. The number of carbonyl (C=O) groups excluding carboxylic acids is 1. The van der Waals surface area contributed by atoms with Gasteiger partial charge in [-0.15, -0.1) is 0 Å². The summed E-state index contributed by atoms with van der Waals surface area (Å²) in [5, 5.41) is 3.06. The van der Waals surface area contributed by atoms with E-state index in [1.54, 1.807) is 0 Å². The Hall–Kier alpha value is -2.13. The van der Waals surface area contributed by atoms with Crippen LogP contribution in [-0.2, 0) is 12.1 Å². The van der Waals surface area contributed by atoms with Gasteiger partial charge in [-0.25, -0.2) is 0 Å². The normalized spacial score (nSPS) is 16.0. The number of rotatable bonds is 5. The highest BCUT2D eigenvalue weighted by atomic mass is 16.1. The van der Waals surface area contributed by atoms with Gasteiger partial charge in [0.25, 0.3) is 5.91 Å². The number of hydrogen-bond acceptors (Lipinski definition) is 2. The molecule has 0 heterocycles. The lowest BCUT2D eigenvalue weighted by molar-refractivity contribution is 0.0950. The number of amides is 1. The molecule has 0 aromatic heterocycles. The summed E-state index contributed by atoms with van der Waals surface area (Å²) in [5.41, 5.74) is 5.67. The van der Waals surface area contributed by atoms with Gasteiger partial charge in [0.1, 0.15) is 0 Å². The minimum atomic E-state index is -0.00386. The molecule has 3 rings (SSSR count). The van der Waals surface area contributed by atoms with E-state index >= 15 is 0 Å². The predicted octanol–water partition coefficient (Wildman–Crippen LogP) is 4.56. The van der Waals surface area contributed by atoms with Crippen molar-refractivity contribution in [3.8, 4) is 0 Å². The molecule has 1 fully saturated rings. The van der Waals surface area contributed by atoms with Crippen LogP contribution in [0.3, 0.4) is 0 Å². The second kappa shape index (κ2) is 7.63. The highest BCUT2D eigenvalue weighted by molar-refractivity contribution is 5.95. The average molecular weight is 351 g/mol. The number of nitrogens with zero attached hydrogens (tertiary/aromatic N) is 1. The van der Waals surface area contributed by atoms with Crippen molar-refractivity contribution in [3.05, 3.63) is 70.3 Å². The maximum Gasteiger partial charge on any atom is 0.251 e. The first-order valence-corrected chi connectivity index (χ1v) is 9.55. The molecule has 1 aliphatic carbocycles. The lowest BCUT2D eigenvalue weighted by Gasteiger charge is -2.37. The van der Waals surface area contributed by atoms with Crippen LogP contribution < -0.4 is 5.32 Å². The smallest absolute Gasteiger partial charge is 0.251 e. The molecule has 0 aliphatic heterocycles. The minimum absolute atomic E-state index is 0.00386. The van der Waals surface area contributed by atoms with Gasteiger partial charge in [-0.2, -0.15) is 0 Å². The SMILES string of the molecule is Cc1cccc(C(=O)NCc2ccc(C3(N(C)C)CCCC3)cc2)c1C. The molecule has 3 heteroatoms. The van der Waals surface area contributed by atoms with Gasteiger partial charge in [-0.3, -0.25) is 9.69 Å². The Balaban J connectivity index is 1.68. The number of nitrogens with one attached hydrogen (secondary N) is 1. The van der Waals surface area contributed by atoms with Crippen molar-refractivity contribution in [1.29, 1.82) is 0 Å². The van der Waals surface area contributed by atoms with Crippen molar-refractivity contribution in [3.63, 3.8) is 0 Å². The van der Waals surface area contributed by atoms with Crippen molar-refractivity contribution in [2.75, 3.05) is 14.1 Å². The van der Waals surface area contributed by atoms with Gasteiger partial charge in [0.15, 0.2) is 0 Å². The third-order valence-corrected chi connectivity index (χ3v) is 6.08. The highest BCUT2D eigenvalue weighted by Crippen LogP contribution is 2.42. The Morgan fingerprint density at radius 3 is 2.31 bits per heavy atom. The molecule has 0 saturated heterocycles. The molecule has 0 unspecified atom stereocenters. The van der Waals surface area contributed by atoms with E-state index in [1.165, 1.54) is 31.2 Å². The Morgan fingerprint density at radius 1 is 1.04 bits per heavy atom. The van der Waals surface area contributed by atoms with E-state index in [2.05, 4.69) is 48.6 Å². The molecule has 1 aliphatic rings. The summed E-state index contributed by atoms with van der Waals surface area (Å²) >= 11 is 0. The first-order chi connectivity index (χ1) is 12.4. The molecule has 3 nitrogen and oxygen atoms in total. The topological polar surface area (TPSA) is 32.3 Å². The maximum atomic E-state index is 12.5. The molecule has 0 radical (unpaired) electrons. The van der Waals surface area contributed by atoms with Crippen molar-refractivity contribution < 1.29 is 4.79 Å². The number of aryl methyl sites for hydroxylation is 1. The van der Waals surface area contributed by atoms with Crippen LogP contribution in [0.1, 0.15) is 58.3 Å². The third-order valence-electron chi connectivity index (χ3n) is 6.08. The fourth-order valence-electron chi connectivity index (χ4n) is 4.16. The minimum Gasteiger partial charge on any atom is -0.348 e. The van der Waals surface area contributed by atoms with Gasteiger partial charge < -0.3 is 5.32 Å². The largest absolute Gasteiger partial charge is 0.348 e. The Bertz CT molecular complexity index is 771. The average Bonchev–Trinajstić information content (AvgIpc) is 3.14. The first kappa shape index (κ1) is 18.7. The monoisotopic (exact) mass is 350 g/mol. The zero-order valence-corrected chi connectivity index (χ0v) is 16.4. The van der Waals surface area contributed by atoms with Crippen LogP contribution in [0.15, 0.2) is 42.5 Å². The van der Waals surface area contributed by atoms with Gasteiger partial charge in [0.2, 0.25) is 0 Å². The molecule has 2 aromatic carbocycles. The van der Waals surface area contributed by atoms with Gasteiger partial charge in [0, 0.05) is 17.6 Å². The Kier molecular flexibility index (Phi) is 5.47. The lowest BCUT2D eigenvalue weighted by Crippen LogP contribution is -2.38. The molecule has 0 bridgehead atoms. The highest BCUT2D eigenvalue weighted by Gasteiger charge is 2.37. The fourth-order valence-corrected chi connectivity index (χ4v) is 4.16. The number of benzene rings is 2. The summed E-state index contributed by atoms with van der Waals surface area (Å²) in [6.45, 7) is 4.59. The van der Waals surface area contributed by atoms with E-state index < -0.39 is 0 Å². The van der Waals surface area contributed by atoms with Crippen molar-refractivity contribution in [1.82, 2.24) is 10.2 Å². The standard InChI is InChI=1S/C23H30N2O/c1-17-8-7-9-21(18(17)2)22(26)24-16-19-10-12-20(13-11-19)23(25(3)4)14-5-6-15-23/h7-13H,5-6,14-16H2,1-4H3,(H,24,26). The van der Waals surface area contributed by atoms with Gasteiger partial charge >= 0.3 is 0 Å². The summed E-state index contributed by atoms with van der Waals surface area (Å²) in [5.74, 6) is -0.00386. The first-order valence-electron chi connectivity index (χ1n) is 9.55. The van der Waals surface area contributed by atoms with Crippen LogP contribution in [0.5, 0.6) is 0 Å². The van der Waals surface area contributed by atoms with Gasteiger partial charge in [-0.1, -0.05) is 49.2 Å². The van der Waals surface area contributed by atoms with Crippen LogP contribution in [0.25, 0.3) is 0 Å². The van der Waals surface area contributed by atoms with E-state index in [1.807, 2.05) is 32.0 Å². The molecule has 138 valence electrons. The van der Waals surface area contributed by atoms with Crippen LogP contribution in [-0.4, -0.2) is 24.9 Å². The van der Waals surface area contributed by atoms with Crippen molar-refractivity contribution >= 4 is 5.91 Å². The van der Waals surface area contributed by atoms with Crippen molar-refractivity contribution in [2.45, 2.75) is 51.6 Å². The summed E-state index contributed by atoms with van der Waals surface area (Å²) in [4.78, 5) is 14.9. The molecule has 0 atom stereocenters. The molecule has 2 aromatic rings. The molecule has 1 saturated carbocycles. The van der Waals surface area contributed by atoms with E-state index in [4.69, 9.17) is 0 Å². The second-order valence-corrected chi connectivity index (χ2v) is 7.76. The maximum absolute atomic E-state index is 12.5. The molecule has 26 heavy (non-hydrogen) atoms. The van der Waals surface area contributed by atoms with Crippen LogP contribution >= 0.6 is 0 Å². The predicted molar refractivity (Wildman–Crippen MR) is 107 cm³/mol. The van der Waals surface area contributed by atoms with Crippen LogP contribution in [0, 0.1) is 13.8 Å². The quantitative estimate of drug-likeness (QED) is 0.857. The lowest BCUT2D eigenvalue weighted by atomic mass is 9.86. The Morgan fingerprint density at radius 2 is 1.69 bits per heavy atom. The van der Waals surface area contributed by atoms with Crippen molar-refractivity contribution in [2.24, 2.45) is 0 Å². The van der Waals surface area contributed by atoms with E-state index in [0.717, 1.165) is 22.3 Å². The molecule has 0 spiro atoms. The molecule has 1 amide bonds. The van der Waals surface area contributed by atoms with Gasteiger partial charge in [-0.05, 0) is 69.1 Å². The number of hydrogen-bond donors (Lipinski definition) is 1. The molecule has 1 N–H and O–H groups in total. The summed E-state index contributed by atoms with van der Waals surface area (Å²) in [7, 11) is 4.37. The summed E-state index contributed by atoms with van der Waals surface area (Å²) in [6, 6.07) is 14.7. The van der Waals surface area contributed by atoms with Gasteiger partial charge in [0.05, 0.1) is 0 Å². The van der Waals surface area contributed by atoms with E-state index in [0.29, 0.717) is 6.54 Å².